The van der Waals surface area contributed by atoms with Gasteiger partial charge in [0.25, 0.3) is 0 Å². The van der Waals surface area contributed by atoms with Gasteiger partial charge >= 0.3 is 0 Å². The zero-order valence-electron chi connectivity index (χ0n) is 9.30. The number of rotatable bonds is 6. The van der Waals surface area contributed by atoms with Gasteiger partial charge in [-0.3, -0.25) is 4.84 Å². The Kier molecular flexibility index (Phi) is 5.69. The summed E-state index contributed by atoms with van der Waals surface area (Å²) in [6.45, 7) is 2.84. The van der Waals surface area contributed by atoms with Crippen LogP contribution in [0.2, 0.25) is 5.02 Å². The Morgan fingerprint density at radius 2 is 2.19 bits per heavy atom. The van der Waals surface area contributed by atoms with E-state index in [1.165, 1.54) is 12.1 Å². The predicted molar refractivity (Wildman–Crippen MR) is 60.8 cm³/mol. The second-order valence-corrected chi connectivity index (χ2v) is 3.75. The van der Waals surface area contributed by atoms with E-state index in [2.05, 4.69) is 5.48 Å². The zero-order valence-corrected chi connectivity index (χ0v) is 10.1. The number of hydroxylamine groups is 1. The number of ether oxygens (including phenoxy) is 1. The molecule has 0 aliphatic carbocycles. The van der Waals surface area contributed by atoms with E-state index in [1.54, 1.807) is 13.2 Å². The van der Waals surface area contributed by atoms with E-state index in [0.29, 0.717) is 18.2 Å². The van der Waals surface area contributed by atoms with Crippen molar-refractivity contribution in [3.8, 4) is 0 Å². The first kappa shape index (κ1) is 13.4. The molecule has 1 atom stereocenters. The Hall–Kier alpha value is -0.680. The van der Waals surface area contributed by atoms with E-state index in [0.717, 1.165) is 5.56 Å². The fraction of sp³-hybridized carbons (Fsp3) is 0.455. The molecule has 0 aliphatic rings. The van der Waals surface area contributed by atoms with Crippen LogP contribution in [0.3, 0.4) is 0 Å². The molecule has 1 aromatic carbocycles. The monoisotopic (exact) mass is 247 g/mol. The Balaban J connectivity index is 2.49. The van der Waals surface area contributed by atoms with Crippen molar-refractivity contribution in [2.45, 2.75) is 13.0 Å². The summed E-state index contributed by atoms with van der Waals surface area (Å²) in [6.07, 6.45) is 0. The van der Waals surface area contributed by atoms with Crippen LogP contribution >= 0.6 is 11.6 Å². The van der Waals surface area contributed by atoms with Gasteiger partial charge in [0.2, 0.25) is 0 Å². The fourth-order valence-electron chi connectivity index (χ4n) is 1.23. The molecule has 0 spiro atoms. The number of nitrogens with one attached hydrogen (secondary N) is 1. The van der Waals surface area contributed by atoms with Crippen molar-refractivity contribution >= 4 is 11.6 Å². The predicted octanol–water partition coefficient (Wildman–Crippen LogP) is 2.71. The molecule has 1 N–H and O–H groups in total. The summed E-state index contributed by atoms with van der Waals surface area (Å²) >= 11 is 5.90. The number of halogens is 2. The summed E-state index contributed by atoms with van der Waals surface area (Å²) in [7, 11) is 1.60. The van der Waals surface area contributed by atoms with Crippen LogP contribution in [0.1, 0.15) is 18.5 Å². The van der Waals surface area contributed by atoms with Gasteiger partial charge in [0.05, 0.1) is 19.3 Å². The molecule has 90 valence electrons. The number of hydrogen-bond donors (Lipinski definition) is 1. The van der Waals surface area contributed by atoms with Crippen molar-refractivity contribution < 1.29 is 14.0 Å². The third-order valence-corrected chi connectivity index (χ3v) is 2.41. The molecular weight excluding hydrogens is 233 g/mol. The summed E-state index contributed by atoms with van der Waals surface area (Å²) < 4.78 is 17.6. The maximum Gasteiger partial charge on any atom is 0.124 e. The van der Waals surface area contributed by atoms with Crippen LogP contribution in [0.4, 0.5) is 4.39 Å². The highest BCUT2D eigenvalue weighted by Crippen LogP contribution is 2.23. The highest BCUT2D eigenvalue weighted by Gasteiger charge is 2.09. The summed E-state index contributed by atoms with van der Waals surface area (Å²) in [5, 5.41) is 0.385. The van der Waals surface area contributed by atoms with Gasteiger partial charge in [0.1, 0.15) is 5.82 Å². The minimum Gasteiger partial charge on any atom is -0.382 e. The van der Waals surface area contributed by atoms with Crippen molar-refractivity contribution in [1.82, 2.24) is 5.48 Å². The van der Waals surface area contributed by atoms with Crippen LogP contribution in [-0.4, -0.2) is 20.3 Å². The quantitative estimate of drug-likeness (QED) is 0.619. The van der Waals surface area contributed by atoms with Gasteiger partial charge in [-0.25, -0.2) is 4.39 Å². The Morgan fingerprint density at radius 1 is 1.44 bits per heavy atom. The van der Waals surface area contributed by atoms with E-state index in [-0.39, 0.29) is 11.9 Å². The van der Waals surface area contributed by atoms with Crippen molar-refractivity contribution in [2.75, 3.05) is 20.3 Å². The number of benzene rings is 1. The summed E-state index contributed by atoms with van der Waals surface area (Å²) in [6, 6.07) is 4.18. The molecule has 0 radical (unpaired) electrons. The third-order valence-electron chi connectivity index (χ3n) is 2.08. The SMILES string of the molecule is COCCONC(C)c1ccc(F)cc1Cl. The van der Waals surface area contributed by atoms with Crippen LogP contribution in [-0.2, 0) is 9.57 Å². The lowest BCUT2D eigenvalue weighted by molar-refractivity contribution is -0.00924. The summed E-state index contributed by atoms with van der Waals surface area (Å²) in [5.41, 5.74) is 3.60. The van der Waals surface area contributed by atoms with Gasteiger partial charge in [0.15, 0.2) is 0 Å². The minimum atomic E-state index is -0.346. The largest absolute Gasteiger partial charge is 0.382 e. The van der Waals surface area contributed by atoms with Gasteiger partial charge in [-0.15, -0.1) is 0 Å². The Bertz CT molecular complexity index is 336. The molecule has 1 rings (SSSR count). The van der Waals surface area contributed by atoms with Gasteiger partial charge < -0.3 is 4.74 Å². The van der Waals surface area contributed by atoms with Crippen LogP contribution in [0.5, 0.6) is 0 Å². The normalized spacial score (nSPS) is 12.8. The minimum absolute atomic E-state index is 0.107. The van der Waals surface area contributed by atoms with E-state index in [1.807, 2.05) is 6.92 Å². The number of methoxy groups -OCH3 is 1. The first-order chi connectivity index (χ1) is 7.65. The summed E-state index contributed by atoms with van der Waals surface area (Å²) in [4.78, 5) is 5.15. The van der Waals surface area contributed by atoms with Crippen LogP contribution in [0.15, 0.2) is 18.2 Å². The molecule has 1 aromatic rings. The molecule has 0 bridgehead atoms. The van der Waals surface area contributed by atoms with Crippen molar-refractivity contribution in [2.24, 2.45) is 0 Å². The lowest BCUT2D eigenvalue weighted by atomic mass is 10.1. The maximum absolute atomic E-state index is 12.8. The smallest absolute Gasteiger partial charge is 0.124 e. The molecular formula is C11H15ClFNO2. The van der Waals surface area contributed by atoms with Crippen LogP contribution < -0.4 is 5.48 Å². The van der Waals surface area contributed by atoms with Gasteiger partial charge in [-0.2, -0.15) is 5.48 Å². The van der Waals surface area contributed by atoms with E-state index in [9.17, 15) is 4.39 Å². The maximum atomic E-state index is 12.8. The van der Waals surface area contributed by atoms with Crippen molar-refractivity contribution in [3.63, 3.8) is 0 Å². The van der Waals surface area contributed by atoms with Gasteiger partial charge in [0, 0.05) is 12.1 Å². The number of hydrogen-bond acceptors (Lipinski definition) is 3. The molecule has 0 heterocycles. The molecule has 0 saturated carbocycles. The highest BCUT2D eigenvalue weighted by molar-refractivity contribution is 6.31. The highest BCUT2D eigenvalue weighted by atomic mass is 35.5. The van der Waals surface area contributed by atoms with Gasteiger partial charge in [-0.1, -0.05) is 17.7 Å². The molecule has 3 nitrogen and oxygen atoms in total. The van der Waals surface area contributed by atoms with Crippen LogP contribution in [0, 0.1) is 5.82 Å². The van der Waals surface area contributed by atoms with E-state index < -0.39 is 0 Å². The zero-order chi connectivity index (χ0) is 12.0. The Morgan fingerprint density at radius 3 is 2.81 bits per heavy atom. The molecule has 0 aromatic heterocycles. The Labute approximate surface area is 99.5 Å². The lowest BCUT2D eigenvalue weighted by Crippen LogP contribution is -2.21. The molecule has 0 aliphatic heterocycles. The molecule has 0 fully saturated rings. The average Bonchev–Trinajstić information content (AvgIpc) is 2.24. The molecule has 16 heavy (non-hydrogen) atoms. The van der Waals surface area contributed by atoms with Crippen LogP contribution in [0.25, 0.3) is 0 Å². The average molecular weight is 248 g/mol. The summed E-state index contributed by atoms with van der Waals surface area (Å²) in [5.74, 6) is -0.346. The lowest BCUT2D eigenvalue weighted by Gasteiger charge is -2.15. The van der Waals surface area contributed by atoms with Crippen molar-refractivity contribution in [1.29, 1.82) is 0 Å². The molecule has 1 unspecified atom stereocenters. The molecule has 0 amide bonds. The first-order valence-corrected chi connectivity index (χ1v) is 5.34. The standard InChI is InChI=1S/C11H15ClFNO2/c1-8(14-16-6-5-15-2)10-4-3-9(13)7-11(10)12/h3-4,7-8,14H,5-6H2,1-2H3. The first-order valence-electron chi connectivity index (χ1n) is 4.96. The fourth-order valence-corrected chi connectivity index (χ4v) is 1.56. The van der Waals surface area contributed by atoms with Gasteiger partial charge in [-0.05, 0) is 24.6 Å². The van der Waals surface area contributed by atoms with E-state index >= 15 is 0 Å². The van der Waals surface area contributed by atoms with E-state index in [4.69, 9.17) is 21.2 Å². The second kappa shape index (κ2) is 6.81. The topological polar surface area (TPSA) is 30.5 Å². The second-order valence-electron chi connectivity index (χ2n) is 3.35. The molecule has 0 saturated heterocycles. The molecule has 5 heteroatoms. The third kappa shape index (κ3) is 4.06. The van der Waals surface area contributed by atoms with Crippen molar-refractivity contribution in [3.05, 3.63) is 34.6 Å².